The second kappa shape index (κ2) is 6.15. The van der Waals surface area contributed by atoms with Gasteiger partial charge in [0.15, 0.2) is 11.6 Å². The van der Waals surface area contributed by atoms with Crippen molar-refractivity contribution in [2.24, 2.45) is 0 Å². The van der Waals surface area contributed by atoms with Crippen molar-refractivity contribution in [3.05, 3.63) is 47.0 Å². The lowest BCUT2D eigenvalue weighted by atomic mass is 9.87. The van der Waals surface area contributed by atoms with Crippen LogP contribution in [-0.4, -0.2) is 11.6 Å². The van der Waals surface area contributed by atoms with Crippen LogP contribution >= 0.6 is 0 Å². The number of carbonyl (C=O) groups excluding carboxylic acids is 2. The van der Waals surface area contributed by atoms with E-state index in [1.807, 2.05) is 6.92 Å². The highest BCUT2D eigenvalue weighted by atomic mass is 16.1. The van der Waals surface area contributed by atoms with E-state index in [0.717, 1.165) is 19.3 Å². The molecule has 1 aliphatic rings. The zero-order valence-electron chi connectivity index (χ0n) is 11.0. The third-order valence-electron chi connectivity index (χ3n) is 3.08. The van der Waals surface area contributed by atoms with E-state index in [9.17, 15) is 9.59 Å². The lowest BCUT2D eigenvalue weighted by molar-refractivity contribution is 0.0981. The Balaban J connectivity index is 2.08. The fraction of sp³-hybridized carbons (Fsp3) is 0.294. The summed E-state index contributed by atoms with van der Waals surface area (Å²) in [4.78, 5) is 24.1. The van der Waals surface area contributed by atoms with Gasteiger partial charge in [-0.25, -0.2) is 0 Å². The van der Waals surface area contributed by atoms with Crippen molar-refractivity contribution in [2.45, 2.75) is 32.6 Å². The third kappa shape index (κ3) is 3.00. The van der Waals surface area contributed by atoms with Crippen LogP contribution in [0.4, 0.5) is 0 Å². The Morgan fingerprint density at radius 1 is 1.05 bits per heavy atom. The van der Waals surface area contributed by atoms with Crippen molar-refractivity contribution in [1.82, 2.24) is 0 Å². The molecule has 0 atom stereocenters. The molecule has 0 fully saturated rings. The summed E-state index contributed by atoms with van der Waals surface area (Å²) in [6, 6.07) is 7.00. The number of rotatable bonds is 3. The molecule has 0 aliphatic heterocycles. The largest absolute Gasteiger partial charge is 0.289 e. The van der Waals surface area contributed by atoms with Gasteiger partial charge in [0.2, 0.25) is 0 Å². The Bertz CT molecular complexity index is 597. The van der Waals surface area contributed by atoms with Gasteiger partial charge >= 0.3 is 0 Å². The van der Waals surface area contributed by atoms with Crippen molar-refractivity contribution >= 4 is 11.6 Å². The molecule has 19 heavy (non-hydrogen) atoms. The molecule has 0 bridgehead atoms. The summed E-state index contributed by atoms with van der Waals surface area (Å²) in [5.41, 5.74) is 1.66. The van der Waals surface area contributed by atoms with Gasteiger partial charge in [-0.15, -0.1) is 11.8 Å². The van der Waals surface area contributed by atoms with Gasteiger partial charge in [-0.1, -0.05) is 31.2 Å². The summed E-state index contributed by atoms with van der Waals surface area (Å²) in [5.74, 6) is 5.97. The van der Waals surface area contributed by atoms with Crippen LogP contribution in [0.5, 0.6) is 0 Å². The number of hydrogen-bond acceptors (Lipinski definition) is 2. The van der Waals surface area contributed by atoms with E-state index >= 15 is 0 Å². The van der Waals surface area contributed by atoms with Crippen LogP contribution in [-0.2, 0) is 0 Å². The molecule has 1 aromatic carbocycles. The topological polar surface area (TPSA) is 34.1 Å². The van der Waals surface area contributed by atoms with Crippen LogP contribution in [0.25, 0.3) is 0 Å². The molecule has 2 nitrogen and oxygen atoms in total. The summed E-state index contributed by atoms with van der Waals surface area (Å²) in [6.45, 7) is 2.01. The van der Waals surface area contributed by atoms with Crippen LogP contribution in [0.15, 0.2) is 35.9 Å². The van der Waals surface area contributed by atoms with E-state index in [1.165, 1.54) is 6.08 Å². The number of hydrogen-bond donors (Lipinski definition) is 0. The number of unbranched alkanes of at least 4 members (excludes halogenated alkanes) is 1. The molecule has 0 saturated heterocycles. The number of fused-ring (bicyclic) bond motifs is 1. The predicted molar refractivity (Wildman–Crippen MR) is 75.1 cm³/mol. The van der Waals surface area contributed by atoms with Gasteiger partial charge in [-0.2, -0.15) is 0 Å². The van der Waals surface area contributed by atoms with Gasteiger partial charge in [0.1, 0.15) is 0 Å². The summed E-state index contributed by atoms with van der Waals surface area (Å²) in [5, 5.41) is 0. The standard InChI is InChI=1S/C17H16O2/c1-2-3-4-5-6-9-13-12-16(18)14-10-7-8-11-15(14)17(13)19/h7-8,10-12H,2,5-6,9H2,1H3. The summed E-state index contributed by atoms with van der Waals surface area (Å²) in [6.07, 6.45) is 4.55. The van der Waals surface area contributed by atoms with Crippen LogP contribution < -0.4 is 0 Å². The molecule has 0 unspecified atom stereocenters. The molecule has 0 radical (unpaired) electrons. The Kier molecular flexibility index (Phi) is 4.30. The molecular formula is C17H16O2. The van der Waals surface area contributed by atoms with Gasteiger partial charge in [0.25, 0.3) is 0 Å². The summed E-state index contributed by atoms with van der Waals surface area (Å²) >= 11 is 0. The number of allylic oxidation sites excluding steroid dienone is 2. The minimum atomic E-state index is -0.0650. The van der Waals surface area contributed by atoms with Gasteiger partial charge < -0.3 is 0 Å². The van der Waals surface area contributed by atoms with Crippen molar-refractivity contribution in [3.8, 4) is 11.8 Å². The highest BCUT2D eigenvalue weighted by Gasteiger charge is 2.24. The molecule has 0 saturated carbocycles. The van der Waals surface area contributed by atoms with Crippen LogP contribution in [0.3, 0.4) is 0 Å². The SMILES string of the molecule is CCC#CCCCC1=CC(=O)c2ccccc2C1=O. The molecular weight excluding hydrogens is 236 g/mol. The maximum absolute atomic E-state index is 12.2. The monoisotopic (exact) mass is 252 g/mol. The van der Waals surface area contributed by atoms with E-state index < -0.39 is 0 Å². The van der Waals surface area contributed by atoms with Crippen molar-refractivity contribution < 1.29 is 9.59 Å². The van der Waals surface area contributed by atoms with Crippen LogP contribution in [0.2, 0.25) is 0 Å². The molecule has 0 amide bonds. The molecule has 0 aromatic heterocycles. The van der Waals surface area contributed by atoms with E-state index in [0.29, 0.717) is 23.1 Å². The second-order valence-corrected chi connectivity index (χ2v) is 4.47. The molecule has 2 rings (SSSR count). The lowest BCUT2D eigenvalue weighted by Crippen LogP contribution is -2.16. The maximum atomic E-state index is 12.2. The maximum Gasteiger partial charge on any atom is 0.189 e. The Hall–Kier alpha value is -2.14. The minimum absolute atomic E-state index is 0.0151. The highest BCUT2D eigenvalue weighted by Crippen LogP contribution is 2.23. The van der Waals surface area contributed by atoms with Crippen LogP contribution in [0, 0.1) is 11.8 Å². The average molecular weight is 252 g/mol. The van der Waals surface area contributed by atoms with Gasteiger partial charge in [-0.05, 0) is 18.9 Å². The first kappa shape index (κ1) is 13.3. The number of ketones is 2. The normalized spacial score (nSPS) is 13.4. The molecule has 2 heteroatoms. The van der Waals surface area contributed by atoms with Crippen molar-refractivity contribution in [3.63, 3.8) is 0 Å². The Labute approximate surface area is 113 Å². The van der Waals surface area contributed by atoms with Crippen LogP contribution in [0.1, 0.15) is 53.3 Å². The number of benzene rings is 1. The van der Waals surface area contributed by atoms with Gasteiger partial charge in [0, 0.05) is 29.5 Å². The zero-order valence-corrected chi connectivity index (χ0v) is 11.0. The molecule has 0 spiro atoms. The zero-order chi connectivity index (χ0) is 13.7. The Morgan fingerprint density at radius 2 is 1.79 bits per heavy atom. The first-order chi connectivity index (χ1) is 9.24. The second-order valence-electron chi connectivity index (χ2n) is 4.47. The first-order valence-corrected chi connectivity index (χ1v) is 6.58. The third-order valence-corrected chi connectivity index (χ3v) is 3.08. The van der Waals surface area contributed by atoms with Crippen molar-refractivity contribution in [1.29, 1.82) is 0 Å². The molecule has 0 N–H and O–H groups in total. The highest BCUT2D eigenvalue weighted by molar-refractivity contribution is 6.24. The van der Waals surface area contributed by atoms with E-state index in [1.54, 1.807) is 24.3 Å². The van der Waals surface area contributed by atoms with Gasteiger partial charge in [-0.3, -0.25) is 9.59 Å². The fourth-order valence-corrected chi connectivity index (χ4v) is 2.14. The Morgan fingerprint density at radius 3 is 2.53 bits per heavy atom. The van der Waals surface area contributed by atoms with Gasteiger partial charge in [0.05, 0.1) is 0 Å². The smallest absolute Gasteiger partial charge is 0.189 e. The number of Topliss-reactive ketones (excluding diaryl/α,β-unsaturated/α-hetero) is 1. The number of carbonyl (C=O) groups is 2. The van der Waals surface area contributed by atoms with E-state index in [4.69, 9.17) is 0 Å². The quantitative estimate of drug-likeness (QED) is 0.608. The average Bonchev–Trinajstić information content (AvgIpc) is 2.44. The molecule has 1 aliphatic carbocycles. The van der Waals surface area contributed by atoms with E-state index in [2.05, 4.69) is 11.8 Å². The predicted octanol–water partition coefficient (Wildman–Crippen LogP) is 3.58. The lowest BCUT2D eigenvalue weighted by Gasteiger charge is -2.14. The molecule has 96 valence electrons. The first-order valence-electron chi connectivity index (χ1n) is 6.58. The summed E-state index contributed by atoms with van der Waals surface area (Å²) in [7, 11) is 0. The molecule has 0 heterocycles. The minimum Gasteiger partial charge on any atom is -0.289 e. The molecule has 1 aromatic rings. The summed E-state index contributed by atoms with van der Waals surface area (Å²) < 4.78 is 0. The van der Waals surface area contributed by atoms with E-state index in [-0.39, 0.29) is 11.6 Å². The fourth-order valence-electron chi connectivity index (χ4n) is 2.14. The van der Waals surface area contributed by atoms with Crippen molar-refractivity contribution in [2.75, 3.05) is 0 Å².